The minimum Gasteiger partial charge on any atom is -0.493 e. The molecule has 120 valence electrons. The number of rotatable bonds is 3. The smallest absolute Gasteiger partial charge is 0.230 e. The molecule has 2 heterocycles. The average molecular weight is 320 g/mol. The molecule has 1 saturated heterocycles. The topological polar surface area (TPSA) is 32.8 Å². The Kier molecular flexibility index (Phi) is 4.64. The summed E-state index contributed by atoms with van der Waals surface area (Å²) in [4.78, 5) is 17.3. The van der Waals surface area contributed by atoms with Gasteiger partial charge in [-0.25, -0.2) is 0 Å². The Hall–Kier alpha value is -1.20. The molecule has 4 nitrogen and oxygen atoms in total. The number of carbonyl (C=O) groups excluding carboxylic acids is 1. The van der Waals surface area contributed by atoms with E-state index in [0.29, 0.717) is 17.9 Å². The van der Waals surface area contributed by atoms with Crippen molar-refractivity contribution in [2.24, 2.45) is 0 Å². The summed E-state index contributed by atoms with van der Waals surface area (Å²) in [5, 5.41) is 0.494. The largest absolute Gasteiger partial charge is 0.493 e. The maximum atomic E-state index is 13.0. The summed E-state index contributed by atoms with van der Waals surface area (Å²) >= 11 is 1.86. The molecule has 1 aromatic rings. The predicted octanol–water partition coefficient (Wildman–Crippen LogP) is 2.06. The van der Waals surface area contributed by atoms with E-state index in [1.165, 1.54) is 0 Å². The molecule has 22 heavy (non-hydrogen) atoms. The molecule has 2 aliphatic rings. The summed E-state index contributed by atoms with van der Waals surface area (Å²) in [7, 11) is 4.21. The van der Waals surface area contributed by atoms with E-state index in [4.69, 9.17) is 4.74 Å². The number of nitrogens with zero attached hydrogens (tertiary/aromatic N) is 2. The van der Waals surface area contributed by atoms with Crippen molar-refractivity contribution < 1.29 is 9.53 Å². The van der Waals surface area contributed by atoms with Gasteiger partial charge < -0.3 is 14.5 Å². The van der Waals surface area contributed by atoms with Gasteiger partial charge in [-0.3, -0.25) is 4.79 Å². The third-order valence-electron chi connectivity index (χ3n) is 4.77. The van der Waals surface area contributed by atoms with Crippen LogP contribution >= 0.6 is 11.8 Å². The van der Waals surface area contributed by atoms with Gasteiger partial charge in [0.15, 0.2) is 0 Å². The highest BCUT2D eigenvalue weighted by Crippen LogP contribution is 2.36. The first-order valence-electron chi connectivity index (χ1n) is 7.81. The molecule has 0 aromatic heterocycles. The van der Waals surface area contributed by atoms with Gasteiger partial charge in [-0.1, -0.05) is 18.2 Å². The van der Waals surface area contributed by atoms with Gasteiger partial charge in [0.1, 0.15) is 5.75 Å². The van der Waals surface area contributed by atoms with E-state index < -0.39 is 0 Å². The number of thioether (sulfide) groups is 1. The quantitative estimate of drug-likeness (QED) is 0.853. The molecule has 1 amide bonds. The lowest BCUT2D eigenvalue weighted by atomic mass is 9.92. The number of likely N-dealkylation sites (tertiary alicyclic amines) is 1. The summed E-state index contributed by atoms with van der Waals surface area (Å²) in [6.07, 6.45) is 2.92. The fourth-order valence-corrected chi connectivity index (χ4v) is 4.46. The van der Waals surface area contributed by atoms with Gasteiger partial charge in [-0.2, -0.15) is 11.8 Å². The van der Waals surface area contributed by atoms with E-state index in [-0.39, 0.29) is 11.8 Å². The molecule has 0 saturated carbocycles. The molecule has 3 atom stereocenters. The number of amides is 1. The van der Waals surface area contributed by atoms with Gasteiger partial charge in [0, 0.05) is 29.9 Å². The number of hydrogen-bond donors (Lipinski definition) is 0. The molecule has 3 rings (SSSR count). The van der Waals surface area contributed by atoms with Crippen LogP contribution in [0.4, 0.5) is 0 Å². The second kappa shape index (κ2) is 6.50. The maximum Gasteiger partial charge on any atom is 0.230 e. The Morgan fingerprint density at radius 3 is 2.77 bits per heavy atom. The number of ether oxygens (including phenoxy) is 1. The average Bonchev–Trinajstić information content (AvgIpc) is 2.98. The molecular formula is C17H24N2O2S. The monoisotopic (exact) mass is 320 g/mol. The Balaban J connectivity index is 1.78. The molecular weight excluding hydrogens is 296 g/mol. The molecule has 5 heteroatoms. The van der Waals surface area contributed by atoms with Crippen LogP contribution in [0.3, 0.4) is 0 Å². The predicted molar refractivity (Wildman–Crippen MR) is 90.7 cm³/mol. The third kappa shape index (κ3) is 2.84. The van der Waals surface area contributed by atoms with Crippen LogP contribution in [0.15, 0.2) is 24.3 Å². The molecule has 0 N–H and O–H groups in total. The zero-order valence-electron chi connectivity index (χ0n) is 13.5. The second-order valence-corrected chi connectivity index (χ2v) is 7.35. The van der Waals surface area contributed by atoms with Crippen LogP contribution < -0.4 is 4.74 Å². The first-order chi connectivity index (χ1) is 10.6. The SMILES string of the molecule is CSC1CN(C(=O)C2CCOc3ccccc32)CC1N(C)C. The second-order valence-electron chi connectivity index (χ2n) is 6.28. The Morgan fingerprint density at radius 1 is 1.32 bits per heavy atom. The molecule has 2 aliphatic heterocycles. The van der Waals surface area contributed by atoms with Crippen LogP contribution in [-0.4, -0.2) is 67.0 Å². The third-order valence-corrected chi connectivity index (χ3v) is 5.84. The zero-order valence-corrected chi connectivity index (χ0v) is 14.3. The molecule has 3 unspecified atom stereocenters. The molecule has 0 radical (unpaired) electrons. The van der Waals surface area contributed by atoms with Gasteiger partial charge in [0.05, 0.1) is 12.5 Å². The first-order valence-corrected chi connectivity index (χ1v) is 9.10. The van der Waals surface area contributed by atoms with Crippen LogP contribution in [0.25, 0.3) is 0 Å². The van der Waals surface area contributed by atoms with Crippen LogP contribution in [0, 0.1) is 0 Å². The van der Waals surface area contributed by atoms with Crippen molar-refractivity contribution in [2.75, 3.05) is 40.0 Å². The van der Waals surface area contributed by atoms with Gasteiger partial charge in [0.2, 0.25) is 5.91 Å². The lowest BCUT2D eigenvalue weighted by Gasteiger charge is -2.29. The lowest BCUT2D eigenvalue weighted by molar-refractivity contribution is -0.132. The van der Waals surface area contributed by atoms with Crippen molar-refractivity contribution in [3.05, 3.63) is 29.8 Å². The Labute approximate surface area is 136 Å². The van der Waals surface area contributed by atoms with E-state index in [1.807, 2.05) is 36.0 Å². The van der Waals surface area contributed by atoms with Crippen molar-refractivity contribution in [3.8, 4) is 5.75 Å². The lowest BCUT2D eigenvalue weighted by Crippen LogP contribution is -2.38. The summed E-state index contributed by atoms with van der Waals surface area (Å²) in [5.74, 6) is 1.09. The summed E-state index contributed by atoms with van der Waals surface area (Å²) < 4.78 is 5.69. The fourth-order valence-electron chi connectivity index (χ4n) is 3.48. The minimum atomic E-state index is -0.0478. The van der Waals surface area contributed by atoms with E-state index in [2.05, 4.69) is 30.2 Å². The minimum absolute atomic E-state index is 0.0478. The highest BCUT2D eigenvalue weighted by Gasteiger charge is 2.39. The summed E-state index contributed by atoms with van der Waals surface area (Å²) in [6.45, 7) is 2.31. The molecule has 0 bridgehead atoms. The Morgan fingerprint density at radius 2 is 2.09 bits per heavy atom. The number of carbonyl (C=O) groups is 1. The zero-order chi connectivity index (χ0) is 15.7. The normalized spacial score (nSPS) is 27.6. The van der Waals surface area contributed by atoms with E-state index in [9.17, 15) is 4.79 Å². The molecule has 1 aromatic carbocycles. The summed E-state index contributed by atoms with van der Waals surface area (Å²) in [5.41, 5.74) is 1.05. The van der Waals surface area contributed by atoms with Gasteiger partial charge >= 0.3 is 0 Å². The van der Waals surface area contributed by atoms with Crippen LogP contribution in [-0.2, 0) is 4.79 Å². The standard InChI is InChI=1S/C17H24N2O2S/c1-18(2)14-10-19(11-16(14)22-3)17(20)13-8-9-21-15-7-5-4-6-12(13)15/h4-7,13-14,16H,8-11H2,1-3H3. The van der Waals surface area contributed by atoms with Crippen LogP contribution in [0.5, 0.6) is 5.75 Å². The Bertz CT molecular complexity index is 549. The number of fused-ring (bicyclic) bond motifs is 1. The summed E-state index contributed by atoms with van der Waals surface area (Å²) in [6, 6.07) is 8.39. The number of hydrogen-bond acceptors (Lipinski definition) is 4. The molecule has 0 aliphatic carbocycles. The van der Waals surface area contributed by atoms with Crippen molar-refractivity contribution in [1.29, 1.82) is 0 Å². The molecule has 0 spiro atoms. The van der Waals surface area contributed by atoms with Crippen LogP contribution in [0.1, 0.15) is 17.9 Å². The number of likely N-dealkylation sites (N-methyl/N-ethyl adjacent to an activating group) is 1. The van der Waals surface area contributed by atoms with Crippen molar-refractivity contribution in [1.82, 2.24) is 9.80 Å². The highest BCUT2D eigenvalue weighted by molar-refractivity contribution is 7.99. The number of para-hydroxylation sites is 1. The van der Waals surface area contributed by atoms with Crippen molar-refractivity contribution in [3.63, 3.8) is 0 Å². The maximum absolute atomic E-state index is 13.0. The van der Waals surface area contributed by atoms with Crippen LogP contribution in [0.2, 0.25) is 0 Å². The van der Waals surface area contributed by atoms with Gasteiger partial charge in [0.25, 0.3) is 0 Å². The van der Waals surface area contributed by atoms with Crippen molar-refractivity contribution in [2.45, 2.75) is 23.6 Å². The van der Waals surface area contributed by atoms with E-state index >= 15 is 0 Å². The van der Waals surface area contributed by atoms with E-state index in [1.54, 1.807) is 0 Å². The fraction of sp³-hybridized carbons (Fsp3) is 0.588. The van der Waals surface area contributed by atoms with Gasteiger partial charge in [-0.05, 0) is 32.8 Å². The van der Waals surface area contributed by atoms with Crippen molar-refractivity contribution >= 4 is 17.7 Å². The highest BCUT2D eigenvalue weighted by atomic mass is 32.2. The molecule has 1 fully saturated rings. The van der Waals surface area contributed by atoms with Gasteiger partial charge in [-0.15, -0.1) is 0 Å². The number of benzene rings is 1. The van der Waals surface area contributed by atoms with E-state index in [0.717, 1.165) is 30.8 Å². The first kappa shape index (κ1) is 15.7.